The third-order valence-electron chi connectivity index (χ3n) is 3.82. The molecule has 4 nitrogen and oxygen atoms in total. The van der Waals surface area contributed by atoms with Gasteiger partial charge in [-0.15, -0.1) is 0 Å². The molecule has 0 radical (unpaired) electrons. The van der Waals surface area contributed by atoms with Crippen LogP contribution in [0.5, 0.6) is 5.75 Å². The quantitative estimate of drug-likeness (QED) is 0.648. The minimum atomic E-state index is -0.274. The van der Waals surface area contributed by atoms with E-state index < -0.39 is 0 Å². The SMILES string of the molecule is CSNc1ccc2c(c1)C(=O)CC1(CCNCC1)O2.[CH2+]C. The highest BCUT2D eigenvalue weighted by molar-refractivity contribution is 7.99. The smallest absolute Gasteiger partial charge is 0.170 e. The molecule has 1 saturated heterocycles. The van der Waals surface area contributed by atoms with Crippen LogP contribution < -0.4 is 14.8 Å². The minimum Gasteiger partial charge on any atom is -0.486 e. The largest absolute Gasteiger partial charge is 0.486 e. The topological polar surface area (TPSA) is 50.4 Å². The molecule has 2 aliphatic rings. The molecular formula is C16H23N2O2S+. The molecule has 1 spiro atoms. The second-order valence-corrected chi connectivity index (χ2v) is 5.76. The highest BCUT2D eigenvalue weighted by Gasteiger charge is 2.41. The number of fused-ring (bicyclic) bond motifs is 1. The van der Waals surface area contributed by atoms with Crippen LogP contribution in [0.2, 0.25) is 0 Å². The van der Waals surface area contributed by atoms with Gasteiger partial charge in [0.2, 0.25) is 0 Å². The summed E-state index contributed by atoms with van der Waals surface area (Å²) >= 11 is 1.52. The summed E-state index contributed by atoms with van der Waals surface area (Å²) in [4.78, 5) is 12.4. The fourth-order valence-electron chi connectivity index (χ4n) is 2.84. The molecular weight excluding hydrogens is 284 g/mol. The van der Waals surface area contributed by atoms with Crippen LogP contribution in [-0.2, 0) is 0 Å². The van der Waals surface area contributed by atoms with Crippen molar-refractivity contribution in [3.8, 4) is 5.75 Å². The first-order valence-corrected chi connectivity index (χ1v) is 8.52. The van der Waals surface area contributed by atoms with Crippen LogP contribution in [0.1, 0.15) is 36.5 Å². The number of piperidine rings is 1. The Morgan fingerprint density at radius 1 is 1.33 bits per heavy atom. The number of Topliss-reactive ketones (excluding diaryl/α,β-unsaturated/α-hetero) is 1. The standard InChI is InChI=1S/C14H18N2O2S.C2H5/c1-19-16-10-2-3-13-11(8-10)12(17)9-14(18-13)4-6-15-7-5-14;1-2/h2-3,8,15-16H,4-7,9H2,1H3;1H2,2H3/q;+1. The van der Waals surface area contributed by atoms with Crippen molar-refractivity contribution >= 4 is 23.4 Å². The number of rotatable bonds is 2. The molecule has 114 valence electrons. The molecule has 0 saturated carbocycles. The van der Waals surface area contributed by atoms with Gasteiger partial charge < -0.3 is 14.8 Å². The van der Waals surface area contributed by atoms with Gasteiger partial charge in [-0.3, -0.25) is 4.79 Å². The zero-order valence-corrected chi connectivity index (χ0v) is 13.5. The van der Waals surface area contributed by atoms with Crippen LogP contribution in [0.3, 0.4) is 0 Å². The zero-order valence-electron chi connectivity index (χ0n) is 12.7. The summed E-state index contributed by atoms with van der Waals surface area (Å²) in [5, 5.41) is 3.32. The maximum absolute atomic E-state index is 12.4. The van der Waals surface area contributed by atoms with Crippen molar-refractivity contribution in [3.63, 3.8) is 0 Å². The normalized spacial score (nSPS) is 19.0. The number of anilines is 1. The monoisotopic (exact) mass is 307 g/mol. The zero-order chi connectivity index (χ0) is 15.3. The van der Waals surface area contributed by atoms with E-state index in [9.17, 15) is 4.79 Å². The number of nitrogens with one attached hydrogen (secondary N) is 2. The maximum atomic E-state index is 12.4. The highest BCUT2D eigenvalue weighted by atomic mass is 32.2. The Morgan fingerprint density at radius 3 is 2.71 bits per heavy atom. The van der Waals surface area contributed by atoms with E-state index >= 15 is 0 Å². The maximum Gasteiger partial charge on any atom is 0.170 e. The summed E-state index contributed by atoms with van der Waals surface area (Å²) in [6, 6.07) is 5.76. The lowest BCUT2D eigenvalue weighted by Crippen LogP contribution is -2.49. The molecule has 5 heteroatoms. The Bertz CT molecular complexity index is 499. The van der Waals surface area contributed by atoms with E-state index in [0.717, 1.165) is 37.4 Å². The average Bonchev–Trinajstić information content (AvgIpc) is 2.51. The molecule has 0 atom stereocenters. The van der Waals surface area contributed by atoms with E-state index in [1.165, 1.54) is 11.9 Å². The van der Waals surface area contributed by atoms with Crippen molar-refractivity contribution < 1.29 is 9.53 Å². The van der Waals surface area contributed by atoms with E-state index in [4.69, 9.17) is 4.74 Å². The predicted octanol–water partition coefficient (Wildman–Crippen LogP) is 3.30. The van der Waals surface area contributed by atoms with Gasteiger partial charge in [0.15, 0.2) is 5.78 Å². The van der Waals surface area contributed by atoms with E-state index in [0.29, 0.717) is 12.0 Å². The molecule has 1 aromatic carbocycles. The molecule has 0 aromatic heterocycles. The van der Waals surface area contributed by atoms with Gasteiger partial charge >= 0.3 is 0 Å². The van der Waals surface area contributed by atoms with Crippen molar-refractivity contribution in [2.75, 3.05) is 24.1 Å². The molecule has 21 heavy (non-hydrogen) atoms. The fraction of sp³-hybridized carbons (Fsp3) is 0.500. The van der Waals surface area contributed by atoms with Gasteiger partial charge in [0.05, 0.1) is 25.8 Å². The first-order valence-electron chi connectivity index (χ1n) is 7.29. The minimum absolute atomic E-state index is 0.202. The van der Waals surface area contributed by atoms with Crippen molar-refractivity contribution in [2.45, 2.75) is 31.8 Å². The summed E-state index contributed by atoms with van der Waals surface area (Å²) in [6.07, 6.45) is 4.28. The van der Waals surface area contributed by atoms with Gasteiger partial charge in [-0.2, -0.15) is 0 Å². The lowest BCUT2D eigenvalue weighted by atomic mass is 9.83. The van der Waals surface area contributed by atoms with Gasteiger partial charge in [0.25, 0.3) is 0 Å². The first-order chi connectivity index (χ1) is 10.2. The lowest BCUT2D eigenvalue weighted by Gasteiger charge is -2.40. The first kappa shape index (κ1) is 16.0. The second-order valence-electron chi connectivity index (χ2n) is 5.15. The molecule has 1 fully saturated rings. The molecule has 0 amide bonds. The van der Waals surface area contributed by atoms with Gasteiger partial charge in [0.1, 0.15) is 11.4 Å². The number of carbonyl (C=O) groups excluding carboxylic acids is 1. The number of ether oxygens (including phenoxy) is 1. The molecule has 2 N–H and O–H groups in total. The molecule has 2 aliphatic heterocycles. The van der Waals surface area contributed by atoms with Crippen molar-refractivity contribution in [1.82, 2.24) is 5.32 Å². The predicted molar refractivity (Wildman–Crippen MR) is 89.0 cm³/mol. The summed E-state index contributed by atoms with van der Waals surface area (Å²) in [7, 11) is 0. The molecule has 2 heterocycles. The van der Waals surface area contributed by atoms with Gasteiger partial charge in [-0.25, -0.2) is 0 Å². The Kier molecular flexibility index (Phi) is 5.42. The molecule has 3 rings (SSSR count). The van der Waals surface area contributed by atoms with Crippen LogP contribution >= 0.6 is 11.9 Å². The van der Waals surface area contributed by atoms with Gasteiger partial charge in [-0.05, 0) is 31.3 Å². The van der Waals surface area contributed by atoms with Crippen molar-refractivity contribution in [2.24, 2.45) is 0 Å². The lowest BCUT2D eigenvalue weighted by molar-refractivity contribution is 0.0188. The van der Waals surface area contributed by atoms with Crippen LogP contribution in [0.15, 0.2) is 18.2 Å². The van der Waals surface area contributed by atoms with Crippen LogP contribution in [0, 0.1) is 6.92 Å². The number of hydrogen-bond acceptors (Lipinski definition) is 5. The summed E-state index contributed by atoms with van der Waals surface area (Å²) in [5.74, 6) is 0.942. The summed E-state index contributed by atoms with van der Waals surface area (Å²) in [6.45, 7) is 6.85. The summed E-state index contributed by atoms with van der Waals surface area (Å²) < 4.78 is 9.32. The molecule has 0 bridgehead atoms. The number of benzene rings is 1. The molecule has 0 aliphatic carbocycles. The second kappa shape index (κ2) is 7.09. The number of ketones is 1. The van der Waals surface area contributed by atoms with E-state index in [-0.39, 0.29) is 11.4 Å². The van der Waals surface area contributed by atoms with Crippen LogP contribution in [0.4, 0.5) is 5.69 Å². The van der Waals surface area contributed by atoms with Crippen LogP contribution in [-0.4, -0.2) is 30.7 Å². The van der Waals surface area contributed by atoms with E-state index in [1.54, 1.807) is 6.92 Å². The fourth-order valence-corrected chi connectivity index (χ4v) is 3.20. The Morgan fingerprint density at radius 2 is 2.05 bits per heavy atom. The van der Waals surface area contributed by atoms with Crippen molar-refractivity contribution in [3.05, 3.63) is 30.7 Å². The van der Waals surface area contributed by atoms with E-state index in [1.807, 2.05) is 24.5 Å². The third-order valence-corrected chi connectivity index (χ3v) is 4.26. The average molecular weight is 307 g/mol. The van der Waals surface area contributed by atoms with Crippen LogP contribution in [0.25, 0.3) is 0 Å². The Hall–Kier alpha value is -1.33. The molecule has 1 aromatic rings. The van der Waals surface area contributed by atoms with E-state index in [2.05, 4.69) is 17.0 Å². The highest BCUT2D eigenvalue weighted by Crippen LogP contribution is 2.39. The third kappa shape index (κ3) is 3.47. The summed E-state index contributed by atoms with van der Waals surface area (Å²) in [5.41, 5.74) is 1.39. The van der Waals surface area contributed by atoms with Crippen molar-refractivity contribution in [1.29, 1.82) is 0 Å². The van der Waals surface area contributed by atoms with Gasteiger partial charge in [-0.1, -0.05) is 11.9 Å². The molecule has 0 unspecified atom stereocenters. The Labute approximate surface area is 131 Å². The van der Waals surface area contributed by atoms with Gasteiger partial charge in [0, 0.05) is 24.8 Å². The number of carbonyl (C=O) groups is 1. The number of hydrogen-bond donors (Lipinski definition) is 2. The Balaban J connectivity index is 0.000000774.